The Kier molecular flexibility index (Phi) is 3.71. The Morgan fingerprint density at radius 1 is 1.33 bits per heavy atom. The Labute approximate surface area is 109 Å². The topological polar surface area (TPSA) is 32.3 Å². The predicted octanol–water partition coefficient (Wildman–Crippen LogP) is 2.47. The molecule has 1 aromatic carbocycles. The van der Waals surface area contributed by atoms with Crippen LogP contribution in [-0.4, -0.2) is 23.4 Å². The summed E-state index contributed by atoms with van der Waals surface area (Å²) >= 11 is 0. The second kappa shape index (κ2) is 5.11. The fraction of sp³-hybridized carbons (Fsp3) is 0.533. The average molecular weight is 246 g/mol. The molecule has 18 heavy (non-hydrogen) atoms. The first kappa shape index (κ1) is 13.1. The normalized spacial score (nSPS) is 24.1. The van der Waals surface area contributed by atoms with Crippen molar-refractivity contribution in [3.63, 3.8) is 0 Å². The molecule has 1 fully saturated rings. The molecule has 1 saturated heterocycles. The van der Waals surface area contributed by atoms with Crippen LogP contribution in [0.4, 0.5) is 0 Å². The summed E-state index contributed by atoms with van der Waals surface area (Å²) in [6.45, 7) is 9.12. The number of nitrogens with one attached hydrogen (secondary N) is 1. The zero-order valence-corrected chi connectivity index (χ0v) is 11.6. The van der Waals surface area contributed by atoms with E-state index in [0.717, 1.165) is 6.54 Å². The fourth-order valence-electron chi connectivity index (χ4n) is 2.51. The van der Waals surface area contributed by atoms with Gasteiger partial charge >= 0.3 is 0 Å². The zero-order chi connectivity index (χ0) is 13.3. The number of hydrogen-bond donors (Lipinski definition) is 1. The number of amides is 1. The molecular formula is C15H22N2O. The number of rotatable bonds is 3. The first-order chi connectivity index (χ1) is 8.50. The van der Waals surface area contributed by atoms with E-state index in [4.69, 9.17) is 0 Å². The summed E-state index contributed by atoms with van der Waals surface area (Å²) in [6, 6.07) is 8.17. The molecule has 0 aromatic heterocycles. The summed E-state index contributed by atoms with van der Waals surface area (Å²) in [4.78, 5) is 14.2. The molecule has 1 N–H and O–H groups in total. The minimum atomic E-state index is -0.0895. The highest BCUT2D eigenvalue weighted by Crippen LogP contribution is 2.28. The molecule has 1 aliphatic heterocycles. The molecule has 1 aromatic rings. The van der Waals surface area contributed by atoms with Crippen LogP contribution in [0.1, 0.15) is 38.1 Å². The minimum absolute atomic E-state index is 0.0242. The molecular weight excluding hydrogens is 224 g/mol. The average Bonchev–Trinajstić information content (AvgIpc) is 2.57. The second-order valence-electron chi connectivity index (χ2n) is 5.53. The lowest BCUT2D eigenvalue weighted by Gasteiger charge is -2.27. The van der Waals surface area contributed by atoms with Crippen molar-refractivity contribution in [1.82, 2.24) is 10.2 Å². The lowest BCUT2D eigenvalue weighted by molar-refractivity contribution is -0.130. The molecule has 2 rings (SSSR count). The highest BCUT2D eigenvalue weighted by atomic mass is 16.2. The van der Waals surface area contributed by atoms with E-state index in [0.29, 0.717) is 5.92 Å². The van der Waals surface area contributed by atoms with Crippen molar-refractivity contribution in [2.24, 2.45) is 5.92 Å². The number of nitrogens with zero attached hydrogens (tertiary/aromatic N) is 1. The summed E-state index contributed by atoms with van der Waals surface area (Å²) < 4.78 is 0. The smallest absolute Gasteiger partial charge is 0.241 e. The van der Waals surface area contributed by atoms with E-state index in [9.17, 15) is 4.79 Å². The van der Waals surface area contributed by atoms with Gasteiger partial charge in [0, 0.05) is 6.54 Å². The van der Waals surface area contributed by atoms with Gasteiger partial charge in [0.2, 0.25) is 5.91 Å². The van der Waals surface area contributed by atoms with Gasteiger partial charge in [-0.05, 0) is 30.9 Å². The van der Waals surface area contributed by atoms with E-state index < -0.39 is 0 Å². The van der Waals surface area contributed by atoms with Gasteiger partial charge in [0.25, 0.3) is 0 Å². The molecule has 1 aliphatic rings. The number of hydrogen-bond acceptors (Lipinski definition) is 2. The Bertz CT molecular complexity index is 442. The van der Waals surface area contributed by atoms with E-state index in [-0.39, 0.29) is 18.1 Å². The van der Waals surface area contributed by atoms with E-state index >= 15 is 0 Å². The van der Waals surface area contributed by atoms with E-state index in [2.05, 4.69) is 38.2 Å². The Hall–Kier alpha value is -1.35. The SMILES string of the molecule is Cc1ccccc1C1NC(C)C(=O)N1CC(C)C. The van der Waals surface area contributed by atoms with Crippen molar-refractivity contribution in [1.29, 1.82) is 0 Å². The van der Waals surface area contributed by atoms with Gasteiger partial charge in [-0.15, -0.1) is 0 Å². The van der Waals surface area contributed by atoms with Crippen molar-refractivity contribution in [3.05, 3.63) is 35.4 Å². The predicted molar refractivity (Wildman–Crippen MR) is 73.1 cm³/mol. The highest BCUT2D eigenvalue weighted by Gasteiger charge is 2.37. The number of carbonyl (C=O) groups excluding carboxylic acids is 1. The van der Waals surface area contributed by atoms with Crippen LogP contribution in [0, 0.1) is 12.8 Å². The van der Waals surface area contributed by atoms with Crippen LogP contribution < -0.4 is 5.32 Å². The van der Waals surface area contributed by atoms with Crippen molar-refractivity contribution >= 4 is 5.91 Å². The maximum atomic E-state index is 12.2. The number of carbonyl (C=O) groups is 1. The molecule has 98 valence electrons. The molecule has 1 amide bonds. The number of benzene rings is 1. The van der Waals surface area contributed by atoms with E-state index in [1.165, 1.54) is 11.1 Å². The van der Waals surface area contributed by atoms with Gasteiger partial charge in [0.1, 0.15) is 6.17 Å². The van der Waals surface area contributed by atoms with Crippen LogP contribution in [0.3, 0.4) is 0 Å². The van der Waals surface area contributed by atoms with Crippen molar-refractivity contribution in [2.75, 3.05) is 6.54 Å². The quantitative estimate of drug-likeness (QED) is 0.888. The Morgan fingerprint density at radius 2 is 2.00 bits per heavy atom. The van der Waals surface area contributed by atoms with Gasteiger partial charge in [0.15, 0.2) is 0 Å². The van der Waals surface area contributed by atoms with Crippen molar-refractivity contribution in [3.8, 4) is 0 Å². The summed E-state index contributed by atoms with van der Waals surface area (Å²) in [5.74, 6) is 0.685. The van der Waals surface area contributed by atoms with Gasteiger partial charge in [-0.1, -0.05) is 38.1 Å². The summed E-state index contributed by atoms with van der Waals surface area (Å²) in [5.41, 5.74) is 2.43. The van der Waals surface area contributed by atoms with Crippen LogP contribution in [0.5, 0.6) is 0 Å². The second-order valence-corrected chi connectivity index (χ2v) is 5.53. The molecule has 0 radical (unpaired) electrons. The Balaban J connectivity index is 2.31. The molecule has 3 nitrogen and oxygen atoms in total. The van der Waals surface area contributed by atoms with Crippen LogP contribution in [0.15, 0.2) is 24.3 Å². The minimum Gasteiger partial charge on any atom is -0.321 e. The van der Waals surface area contributed by atoms with Crippen molar-refractivity contribution < 1.29 is 4.79 Å². The molecule has 3 heteroatoms. The molecule has 0 aliphatic carbocycles. The van der Waals surface area contributed by atoms with Gasteiger partial charge in [-0.25, -0.2) is 0 Å². The number of aryl methyl sites for hydroxylation is 1. The first-order valence-electron chi connectivity index (χ1n) is 6.62. The van der Waals surface area contributed by atoms with Gasteiger partial charge in [-0.2, -0.15) is 0 Å². The third-order valence-corrected chi connectivity index (χ3v) is 3.42. The molecule has 2 unspecified atom stereocenters. The largest absolute Gasteiger partial charge is 0.321 e. The maximum Gasteiger partial charge on any atom is 0.241 e. The zero-order valence-electron chi connectivity index (χ0n) is 11.6. The van der Waals surface area contributed by atoms with Gasteiger partial charge in [-0.3, -0.25) is 10.1 Å². The van der Waals surface area contributed by atoms with Gasteiger partial charge < -0.3 is 4.90 Å². The van der Waals surface area contributed by atoms with E-state index in [1.54, 1.807) is 0 Å². The molecule has 0 spiro atoms. The maximum absolute atomic E-state index is 12.2. The van der Waals surface area contributed by atoms with Gasteiger partial charge in [0.05, 0.1) is 6.04 Å². The lowest BCUT2D eigenvalue weighted by Crippen LogP contribution is -2.34. The fourth-order valence-corrected chi connectivity index (χ4v) is 2.51. The highest BCUT2D eigenvalue weighted by molar-refractivity contribution is 5.84. The van der Waals surface area contributed by atoms with Crippen LogP contribution >= 0.6 is 0 Å². The third-order valence-electron chi connectivity index (χ3n) is 3.42. The van der Waals surface area contributed by atoms with Crippen LogP contribution in [-0.2, 0) is 4.79 Å². The standard InChI is InChI=1S/C15H22N2O/c1-10(2)9-17-14(16-12(4)15(17)18)13-8-6-5-7-11(13)3/h5-8,10,12,14,16H,9H2,1-4H3. The third kappa shape index (κ3) is 2.41. The molecule has 0 bridgehead atoms. The monoisotopic (exact) mass is 246 g/mol. The Morgan fingerprint density at radius 3 is 2.61 bits per heavy atom. The lowest BCUT2D eigenvalue weighted by atomic mass is 10.1. The molecule has 2 atom stereocenters. The summed E-state index contributed by atoms with van der Waals surface area (Å²) in [6.07, 6.45) is 0.0242. The first-order valence-corrected chi connectivity index (χ1v) is 6.62. The van der Waals surface area contributed by atoms with Crippen LogP contribution in [0.2, 0.25) is 0 Å². The summed E-state index contributed by atoms with van der Waals surface area (Å²) in [5, 5.41) is 3.39. The van der Waals surface area contributed by atoms with Crippen LogP contribution in [0.25, 0.3) is 0 Å². The molecule has 1 heterocycles. The molecule has 0 saturated carbocycles. The van der Waals surface area contributed by atoms with Crippen molar-refractivity contribution in [2.45, 2.75) is 39.9 Å². The van der Waals surface area contributed by atoms with E-state index in [1.807, 2.05) is 24.0 Å². The summed E-state index contributed by atoms with van der Waals surface area (Å²) in [7, 11) is 0.